The molecule has 1 aliphatic rings. The maximum atomic E-state index is 13.4. The summed E-state index contributed by atoms with van der Waals surface area (Å²) in [6.45, 7) is 7.24. The van der Waals surface area contributed by atoms with Crippen LogP contribution in [-0.2, 0) is 14.8 Å². The Balaban J connectivity index is 1.46. The SMILES string of the molecule is Cc1cc(C)c(C)c(S(=O)(=O)Nc2ccccc2C(=O)NCCN2C(=O)S/C(=C/c3cccs3)C2=O)c1C. The van der Waals surface area contributed by atoms with Crippen LogP contribution < -0.4 is 10.0 Å². The van der Waals surface area contributed by atoms with Gasteiger partial charge in [0.2, 0.25) is 0 Å². The predicted octanol–water partition coefficient (Wildman–Crippen LogP) is 5.25. The monoisotopic (exact) mass is 569 g/mol. The van der Waals surface area contributed by atoms with Crippen LogP contribution >= 0.6 is 23.1 Å². The molecule has 0 bridgehead atoms. The van der Waals surface area contributed by atoms with E-state index in [1.54, 1.807) is 32.1 Å². The Morgan fingerprint density at radius 3 is 2.34 bits per heavy atom. The lowest BCUT2D eigenvalue weighted by atomic mass is 10.0. The molecule has 0 saturated carbocycles. The first kappa shape index (κ1) is 27.6. The third-order valence-corrected chi connectivity index (χ3v) is 9.66. The van der Waals surface area contributed by atoms with E-state index in [9.17, 15) is 22.8 Å². The first-order valence-electron chi connectivity index (χ1n) is 11.8. The Labute approximate surface area is 230 Å². The Bertz CT molecular complexity index is 1530. The van der Waals surface area contributed by atoms with E-state index in [0.29, 0.717) is 16.0 Å². The van der Waals surface area contributed by atoms with E-state index in [1.165, 1.54) is 23.5 Å². The standard InChI is InChI=1S/C27H27N3O5S3/c1-16-14-17(2)19(4)24(18(16)3)38(34,35)29-22-10-6-5-9-21(22)25(31)28-11-12-30-26(32)23(37-27(30)33)15-20-8-7-13-36-20/h5-10,13-15,29H,11-12H2,1-4H3,(H,28,31)/b23-15+. The number of carbonyl (C=O) groups is 3. The number of para-hydroxylation sites is 1. The maximum Gasteiger partial charge on any atom is 0.293 e. The van der Waals surface area contributed by atoms with Gasteiger partial charge in [-0.1, -0.05) is 24.3 Å². The van der Waals surface area contributed by atoms with Gasteiger partial charge in [0, 0.05) is 18.0 Å². The van der Waals surface area contributed by atoms with Gasteiger partial charge in [0.05, 0.1) is 21.1 Å². The fourth-order valence-corrected chi connectivity index (χ4v) is 7.41. The van der Waals surface area contributed by atoms with Gasteiger partial charge in [-0.2, -0.15) is 0 Å². The number of aryl methyl sites for hydroxylation is 2. The van der Waals surface area contributed by atoms with E-state index in [0.717, 1.165) is 32.7 Å². The summed E-state index contributed by atoms with van der Waals surface area (Å²) in [5, 5.41) is 4.17. The number of nitrogens with zero attached hydrogens (tertiary/aromatic N) is 1. The van der Waals surface area contributed by atoms with Crippen LogP contribution in [0.25, 0.3) is 6.08 Å². The zero-order valence-corrected chi connectivity index (χ0v) is 23.8. The third-order valence-electron chi connectivity index (χ3n) is 6.29. The quantitative estimate of drug-likeness (QED) is 0.359. The van der Waals surface area contributed by atoms with Gasteiger partial charge in [-0.3, -0.25) is 24.0 Å². The van der Waals surface area contributed by atoms with Crippen molar-refractivity contribution >= 4 is 61.9 Å². The summed E-state index contributed by atoms with van der Waals surface area (Å²) in [5.74, 6) is -0.937. The summed E-state index contributed by atoms with van der Waals surface area (Å²) in [6.07, 6.45) is 1.68. The molecule has 3 aromatic rings. The number of thioether (sulfide) groups is 1. The molecular weight excluding hydrogens is 543 g/mol. The number of sulfonamides is 1. The summed E-state index contributed by atoms with van der Waals surface area (Å²) < 4.78 is 29.4. The van der Waals surface area contributed by atoms with E-state index >= 15 is 0 Å². The summed E-state index contributed by atoms with van der Waals surface area (Å²) >= 11 is 2.32. The van der Waals surface area contributed by atoms with Gasteiger partial charge >= 0.3 is 0 Å². The van der Waals surface area contributed by atoms with Crippen molar-refractivity contribution < 1.29 is 22.8 Å². The van der Waals surface area contributed by atoms with Gasteiger partial charge in [-0.15, -0.1) is 11.3 Å². The van der Waals surface area contributed by atoms with Gasteiger partial charge in [-0.25, -0.2) is 8.42 Å². The predicted molar refractivity (Wildman–Crippen MR) is 152 cm³/mol. The van der Waals surface area contributed by atoms with Crippen molar-refractivity contribution in [1.82, 2.24) is 10.2 Å². The van der Waals surface area contributed by atoms with Crippen molar-refractivity contribution in [1.29, 1.82) is 0 Å². The zero-order chi connectivity index (χ0) is 27.6. The lowest BCUT2D eigenvalue weighted by Gasteiger charge is -2.18. The number of nitrogens with one attached hydrogen (secondary N) is 2. The number of hydrogen-bond donors (Lipinski definition) is 2. The molecule has 2 aromatic carbocycles. The van der Waals surface area contributed by atoms with Crippen LogP contribution in [-0.4, -0.2) is 43.5 Å². The van der Waals surface area contributed by atoms with E-state index in [4.69, 9.17) is 0 Å². The Hall–Kier alpha value is -3.41. The smallest absolute Gasteiger partial charge is 0.293 e. The molecule has 0 radical (unpaired) electrons. The topological polar surface area (TPSA) is 113 Å². The molecule has 4 rings (SSSR count). The number of imide groups is 1. The van der Waals surface area contributed by atoms with Gasteiger partial charge in [0.1, 0.15) is 0 Å². The molecule has 11 heteroatoms. The molecule has 38 heavy (non-hydrogen) atoms. The van der Waals surface area contributed by atoms with E-state index < -0.39 is 27.1 Å². The van der Waals surface area contributed by atoms with E-state index in [-0.39, 0.29) is 29.2 Å². The van der Waals surface area contributed by atoms with Gasteiger partial charge in [0.25, 0.3) is 27.1 Å². The molecule has 3 amide bonds. The molecule has 1 fully saturated rings. The molecule has 8 nitrogen and oxygen atoms in total. The minimum Gasteiger partial charge on any atom is -0.350 e. The Kier molecular flexibility index (Phi) is 8.10. The van der Waals surface area contributed by atoms with Crippen LogP contribution in [0.3, 0.4) is 0 Å². The van der Waals surface area contributed by atoms with Gasteiger partial charge in [-0.05, 0) is 91.4 Å². The molecule has 2 heterocycles. The van der Waals surface area contributed by atoms with Crippen LogP contribution in [0.1, 0.15) is 37.5 Å². The molecular formula is C27H27N3O5S3. The minimum atomic E-state index is -3.99. The molecule has 2 N–H and O–H groups in total. The average Bonchev–Trinajstić information content (AvgIpc) is 3.46. The average molecular weight is 570 g/mol. The molecule has 0 aliphatic carbocycles. The second-order valence-corrected chi connectivity index (χ2v) is 12.4. The third kappa shape index (κ3) is 5.69. The molecule has 198 valence electrons. The first-order chi connectivity index (χ1) is 18.0. The molecule has 0 unspecified atom stereocenters. The maximum absolute atomic E-state index is 13.4. The summed E-state index contributed by atoms with van der Waals surface area (Å²) in [6, 6.07) is 12.0. The largest absolute Gasteiger partial charge is 0.350 e. The van der Waals surface area contributed by atoms with Crippen LogP contribution in [0.4, 0.5) is 10.5 Å². The van der Waals surface area contributed by atoms with Crippen molar-refractivity contribution in [2.45, 2.75) is 32.6 Å². The van der Waals surface area contributed by atoms with E-state index in [1.807, 2.05) is 37.4 Å². The van der Waals surface area contributed by atoms with Crippen molar-refractivity contribution in [2.24, 2.45) is 0 Å². The summed E-state index contributed by atoms with van der Waals surface area (Å²) in [7, 11) is -3.99. The molecule has 1 aliphatic heterocycles. The number of rotatable bonds is 8. The van der Waals surface area contributed by atoms with Crippen LogP contribution in [0, 0.1) is 27.7 Å². The van der Waals surface area contributed by atoms with Crippen LogP contribution in [0.5, 0.6) is 0 Å². The summed E-state index contributed by atoms with van der Waals surface area (Å²) in [5.41, 5.74) is 3.27. The Morgan fingerprint density at radius 2 is 1.68 bits per heavy atom. The fourth-order valence-electron chi connectivity index (χ4n) is 4.12. The zero-order valence-electron chi connectivity index (χ0n) is 21.3. The highest BCUT2D eigenvalue weighted by atomic mass is 32.2. The highest BCUT2D eigenvalue weighted by molar-refractivity contribution is 8.18. The number of anilines is 1. The fraction of sp³-hybridized carbons (Fsp3) is 0.222. The molecule has 0 atom stereocenters. The highest BCUT2D eigenvalue weighted by Gasteiger charge is 2.34. The van der Waals surface area contributed by atoms with Gasteiger partial charge < -0.3 is 5.32 Å². The number of benzene rings is 2. The number of amides is 3. The Morgan fingerprint density at radius 1 is 1.00 bits per heavy atom. The lowest BCUT2D eigenvalue weighted by Crippen LogP contribution is -2.37. The van der Waals surface area contributed by atoms with Crippen LogP contribution in [0.2, 0.25) is 0 Å². The minimum absolute atomic E-state index is 0.00691. The molecule has 0 spiro atoms. The van der Waals surface area contributed by atoms with Crippen molar-refractivity contribution in [3.05, 3.63) is 85.4 Å². The molecule has 1 saturated heterocycles. The number of thiophene rings is 1. The summed E-state index contributed by atoms with van der Waals surface area (Å²) in [4.78, 5) is 40.5. The van der Waals surface area contributed by atoms with Gasteiger partial charge in [0.15, 0.2) is 0 Å². The molecule has 1 aromatic heterocycles. The number of hydrogen-bond acceptors (Lipinski definition) is 7. The first-order valence-corrected chi connectivity index (χ1v) is 14.9. The lowest BCUT2D eigenvalue weighted by molar-refractivity contribution is -0.122. The number of carbonyl (C=O) groups excluding carboxylic acids is 3. The van der Waals surface area contributed by atoms with Crippen molar-refractivity contribution in [3.8, 4) is 0 Å². The second kappa shape index (κ2) is 11.1. The normalized spacial score (nSPS) is 14.8. The highest BCUT2D eigenvalue weighted by Crippen LogP contribution is 2.33. The van der Waals surface area contributed by atoms with Crippen molar-refractivity contribution in [2.75, 3.05) is 17.8 Å². The van der Waals surface area contributed by atoms with Crippen LogP contribution in [0.15, 0.2) is 57.6 Å². The van der Waals surface area contributed by atoms with E-state index in [2.05, 4.69) is 10.0 Å². The van der Waals surface area contributed by atoms with Crippen molar-refractivity contribution in [3.63, 3.8) is 0 Å². The second-order valence-electron chi connectivity index (χ2n) is 8.85.